The number of carbonyl (C=O) groups excluding carboxylic acids is 1. The lowest BCUT2D eigenvalue weighted by Crippen LogP contribution is -2.32. The molecule has 4 nitrogen and oxygen atoms in total. The molecule has 2 aromatic rings. The van der Waals surface area contributed by atoms with E-state index in [-0.39, 0.29) is 17.4 Å². The largest absolute Gasteiger partial charge is 0.399 e. The zero-order valence-corrected chi connectivity index (χ0v) is 11.6. The van der Waals surface area contributed by atoms with Gasteiger partial charge in [0.25, 0.3) is 5.56 Å². The molecule has 0 bridgehead atoms. The zero-order chi connectivity index (χ0) is 14.3. The number of hydrogen-bond donors (Lipinski definition) is 1. The number of nitrogen functional groups attached to an aromatic ring is 1. The van der Waals surface area contributed by atoms with Crippen LogP contribution in [0, 0.1) is 12.8 Å². The highest BCUT2D eigenvalue weighted by Crippen LogP contribution is 2.27. The summed E-state index contributed by atoms with van der Waals surface area (Å²) < 4.78 is 1.33. The summed E-state index contributed by atoms with van der Waals surface area (Å²) >= 11 is 0. The summed E-state index contributed by atoms with van der Waals surface area (Å²) in [6.45, 7) is 1.75. The number of aryl methyl sites for hydroxylation is 1. The molecule has 0 saturated heterocycles. The third kappa shape index (κ3) is 2.01. The molecule has 4 heteroatoms. The highest BCUT2D eigenvalue weighted by atomic mass is 16.2. The molecule has 20 heavy (non-hydrogen) atoms. The highest BCUT2D eigenvalue weighted by Gasteiger charge is 2.26. The Balaban J connectivity index is 2.26. The molecule has 104 valence electrons. The maximum Gasteiger partial charge on any atom is 0.260 e. The first-order valence-electron chi connectivity index (χ1n) is 7.04. The molecule has 1 aromatic carbocycles. The maximum atomic E-state index is 12.7. The fourth-order valence-electron chi connectivity index (χ4n) is 3.03. The van der Waals surface area contributed by atoms with Crippen molar-refractivity contribution in [3.8, 4) is 0 Å². The third-order valence-corrected chi connectivity index (χ3v) is 4.13. The van der Waals surface area contributed by atoms with Crippen molar-refractivity contribution in [1.29, 1.82) is 0 Å². The van der Waals surface area contributed by atoms with Crippen molar-refractivity contribution >= 4 is 22.5 Å². The Morgan fingerprint density at radius 2 is 1.95 bits per heavy atom. The van der Waals surface area contributed by atoms with E-state index in [2.05, 4.69) is 0 Å². The van der Waals surface area contributed by atoms with Gasteiger partial charge >= 0.3 is 0 Å². The number of aromatic nitrogens is 1. The van der Waals surface area contributed by atoms with Crippen molar-refractivity contribution in [2.45, 2.75) is 32.6 Å². The first-order chi connectivity index (χ1) is 9.58. The van der Waals surface area contributed by atoms with Crippen LogP contribution in [0.25, 0.3) is 10.9 Å². The van der Waals surface area contributed by atoms with Crippen molar-refractivity contribution in [2.24, 2.45) is 5.92 Å². The fourth-order valence-corrected chi connectivity index (χ4v) is 3.03. The molecule has 0 radical (unpaired) electrons. The Kier molecular flexibility index (Phi) is 3.08. The van der Waals surface area contributed by atoms with Gasteiger partial charge in [-0.15, -0.1) is 0 Å². The monoisotopic (exact) mass is 270 g/mol. The van der Waals surface area contributed by atoms with Gasteiger partial charge in [0.05, 0.1) is 5.52 Å². The van der Waals surface area contributed by atoms with Crippen LogP contribution >= 0.6 is 0 Å². The summed E-state index contributed by atoms with van der Waals surface area (Å²) in [4.78, 5) is 25.1. The molecule has 3 rings (SSSR count). The molecule has 1 aromatic heterocycles. The predicted octanol–water partition coefficient (Wildman–Crippen LogP) is 2.72. The number of nitrogens with zero attached hydrogens (tertiary/aromatic N) is 1. The van der Waals surface area contributed by atoms with Crippen LogP contribution in [0.1, 0.15) is 36.0 Å². The smallest absolute Gasteiger partial charge is 0.260 e. The van der Waals surface area contributed by atoms with Gasteiger partial charge in [0.2, 0.25) is 5.91 Å². The van der Waals surface area contributed by atoms with Crippen LogP contribution in [0.4, 0.5) is 5.69 Å². The van der Waals surface area contributed by atoms with Crippen LogP contribution in [0.5, 0.6) is 0 Å². The second-order valence-corrected chi connectivity index (χ2v) is 5.61. The second-order valence-electron chi connectivity index (χ2n) is 5.61. The quantitative estimate of drug-likeness (QED) is 0.810. The van der Waals surface area contributed by atoms with Crippen LogP contribution in [0.15, 0.2) is 29.1 Å². The molecule has 0 aliphatic heterocycles. The molecule has 1 fully saturated rings. The Hall–Kier alpha value is -2.10. The minimum absolute atomic E-state index is 0.0286. The van der Waals surface area contributed by atoms with E-state index >= 15 is 0 Å². The first kappa shape index (κ1) is 12.9. The van der Waals surface area contributed by atoms with Crippen molar-refractivity contribution in [2.75, 3.05) is 5.73 Å². The Morgan fingerprint density at radius 1 is 1.25 bits per heavy atom. The summed E-state index contributed by atoms with van der Waals surface area (Å²) in [7, 11) is 0. The van der Waals surface area contributed by atoms with Gasteiger partial charge < -0.3 is 5.73 Å². The standard InChI is InChI=1S/C16H18N2O2/c1-10-8-12-6-7-13(17)9-14(12)18(15(10)19)16(20)11-4-2-3-5-11/h6-9,11H,2-5,17H2,1H3. The number of carbonyl (C=O) groups is 1. The van der Waals surface area contributed by atoms with E-state index in [1.807, 2.05) is 12.1 Å². The minimum atomic E-state index is -0.222. The maximum absolute atomic E-state index is 12.7. The van der Waals surface area contributed by atoms with E-state index in [4.69, 9.17) is 5.73 Å². The van der Waals surface area contributed by atoms with Gasteiger partial charge in [0, 0.05) is 17.2 Å². The normalized spacial score (nSPS) is 15.8. The molecule has 1 saturated carbocycles. The summed E-state index contributed by atoms with van der Waals surface area (Å²) in [6.07, 6.45) is 3.89. The Labute approximate surface area is 117 Å². The lowest BCUT2D eigenvalue weighted by molar-refractivity contribution is 0.0838. The van der Waals surface area contributed by atoms with Crippen LogP contribution in [0.2, 0.25) is 0 Å². The molecular formula is C16H18N2O2. The van der Waals surface area contributed by atoms with E-state index in [1.54, 1.807) is 19.1 Å². The number of nitrogens with two attached hydrogens (primary N) is 1. The van der Waals surface area contributed by atoms with Crippen molar-refractivity contribution in [3.63, 3.8) is 0 Å². The number of benzene rings is 1. The molecule has 2 N–H and O–H groups in total. The van der Waals surface area contributed by atoms with Gasteiger partial charge in [-0.2, -0.15) is 0 Å². The van der Waals surface area contributed by atoms with E-state index < -0.39 is 0 Å². The minimum Gasteiger partial charge on any atom is -0.399 e. The summed E-state index contributed by atoms with van der Waals surface area (Å²) in [5, 5.41) is 0.877. The first-order valence-corrected chi connectivity index (χ1v) is 7.04. The molecule has 1 heterocycles. The van der Waals surface area contributed by atoms with Gasteiger partial charge in [-0.1, -0.05) is 18.9 Å². The molecular weight excluding hydrogens is 252 g/mol. The van der Waals surface area contributed by atoms with Gasteiger partial charge in [-0.3, -0.25) is 9.59 Å². The van der Waals surface area contributed by atoms with Gasteiger partial charge in [-0.05, 0) is 43.4 Å². The summed E-state index contributed by atoms with van der Waals surface area (Å²) in [6, 6.07) is 7.17. The molecule has 0 spiro atoms. The third-order valence-electron chi connectivity index (χ3n) is 4.13. The number of anilines is 1. The predicted molar refractivity (Wildman–Crippen MR) is 79.9 cm³/mol. The van der Waals surface area contributed by atoms with Crippen molar-refractivity contribution < 1.29 is 4.79 Å². The molecule has 0 amide bonds. The van der Waals surface area contributed by atoms with E-state index in [0.29, 0.717) is 16.8 Å². The zero-order valence-electron chi connectivity index (χ0n) is 11.6. The van der Waals surface area contributed by atoms with Crippen LogP contribution in [0.3, 0.4) is 0 Å². The van der Waals surface area contributed by atoms with E-state index in [0.717, 1.165) is 31.1 Å². The SMILES string of the molecule is Cc1cc2ccc(N)cc2n(C(=O)C2CCCC2)c1=O. The van der Waals surface area contributed by atoms with Gasteiger partial charge in [-0.25, -0.2) is 4.57 Å². The second kappa shape index (κ2) is 4.78. The summed E-state index contributed by atoms with van der Waals surface area (Å²) in [5.74, 6) is -0.106. The fraction of sp³-hybridized carbons (Fsp3) is 0.375. The van der Waals surface area contributed by atoms with Crippen LogP contribution in [-0.2, 0) is 0 Å². The number of pyridine rings is 1. The number of hydrogen-bond acceptors (Lipinski definition) is 3. The van der Waals surface area contributed by atoms with E-state index in [1.165, 1.54) is 4.57 Å². The molecule has 0 unspecified atom stereocenters. The van der Waals surface area contributed by atoms with Crippen LogP contribution < -0.4 is 11.3 Å². The van der Waals surface area contributed by atoms with Crippen LogP contribution in [-0.4, -0.2) is 10.5 Å². The average Bonchev–Trinajstić information content (AvgIpc) is 2.94. The average molecular weight is 270 g/mol. The lowest BCUT2D eigenvalue weighted by atomic mass is 10.1. The van der Waals surface area contributed by atoms with Gasteiger partial charge in [0.15, 0.2) is 0 Å². The topological polar surface area (TPSA) is 65.1 Å². The number of fused-ring (bicyclic) bond motifs is 1. The lowest BCUT2D eigenvalue weighted by Gasteiger charge is -2.14. The van der Waals surface area contributed by atoms with E-state index in [9.17, 15) is 9.59 Å². The summed E-state index contributed by atoms with van der Waals surface area (Å²) in [5.41, 5.74) is 7.36. The molecule has 1 aliphatic carbocycles. The molecule has 0 atom stereocenters. The van der Waals surface area contributed by atoms with Crippen molar-refractivity contribution in [3.05, 3.63) is 40.2 Å². The Bertz CT molecular complexity index is 740. The molecule has 1 aliphatic rings. The van der Waals surface area contributed by atoms with Gasteiger partial charge in [0.1, 0.15) is 0 Å². The number of rotatable bonds is 1. The highest BCUT2D eigenvalue weighted by molar-refractivity contribution is 5.94. The Morgan fingerprint density at radius 3 is 2.65 bits per heavy atom. The van der Waals surface area contributed by atoms with Crippen molar-refractivity contribution in [1.82, 2.24) is 4.57 Å².